The van der Waals surface area contributed by atoms with Crippen LogP contribution in [-0.2, 0) is 0 Å². The van der Waals surface area contributed by atoms with Crippen LogP contribution in [0.4, 0.5) is 17.6 Å². The molecule has 10 nitrogen and oxygen atoms in total. The molecule has 1 fully saturated rings. The Morgan fingerprint density at radius 3 is 2.69 bits per heavy atom. The summed E-state index contributed by atoms with van der Waals surface area (Å²) in [6, 6.07) is 4.78. The summed E-state index contributed by atoms with van der Waals surface area (Å²) in [6.07, 6.45) is 3.53. The number of aromatic amines is 1. The number of benzene rings is 1. The summed E-state index contributed by atoms with van der Waals surface area (Å²) in [5.74, 6) is 1.52. The van der Waals surface area contributed by atoms with Crippen LogP contribution >= 0.6 is 23.2 Å². The van der Waals surface area contributed by atoms with Crippen molar-refractivity contribution in [2.45, 2.75) is 25.8 Å². The standard InChI is InChI=1S/C20H19Cl2N9O/c1-8-7-25-30-17(8)31-18(26-11-4-2-3-10(21)12(11)19(31)32)14(9-5-6-9)27-16-13(22)15(23)28-20(24)29-16/h2-4,7,9,14H,5-6H2,1H3,(H,25,30)(H5,23,24,27,28,29). The van der Waals surface area contributed by atoms with Gasteiger partial charge in [-0.05, 0) is 37.8 Å². The Morgan fingerprint density at radius 2 is 2.00 bits per heavy atom. The molecule has 0 aliphatic heterocycles. The number of nitrogens with zero attached hydrogens (tertiary/aromatic N) is 5. The molecule has 32 heavy (non-hydrogen) atoms. The van der Waals surface area contributed by atoms with Crippen molar-refractivity contribution in [2.75, 3.05) is 16.8 Å². The lowest BCUT2D eigenvalue weighted by atomic mass is 10.1. The SMILES string of the molecule is Cc1cn[nH]c1-n1c(C(Nc2nc(N)nc(N)c2Cl)C2CC2)nc2cccc(Cl)c2c1=O. The number of nitrogens with one attached hydrogen (secondary N) is 2. The van der Waals surface area contributed by atoms with E-state index in [-0.39, 0.29) is 34.1 Å². The largest absolute Gasteiger partial charge is 0.382 e. The van der Waals surface area contributed by atoms with Gasteiger partial charge >= 0.3 is 0 Å². The van der Waals surface area contributed by atoms with E-state index in [9.17, 15) is 4.79 Å². The number of halogens is 2. The molecule has 1 atom stereocenters. The van der Waals surface area contributed by atoms with Crippen molar-refractivity contribution >= 4 is 51.7 Å². The Kier molecular flexibility index (Phi) is 4.90. The highest BCUT2D eigenvalue weighted by Crippen LogP contribution is 2.44. The third-order valence-corrected chi connectivity index (χ3v) is 6.14. The van der Waals surface area contributed by atoms with Crippen molar-refractivity contribution in [3.8, 4) is 5.82 Å². The van der Waals surface area contributed by atoms with Crippen molar-refractivity contribution in [1.82, 2.24) is 29.7 Å². The van der Waals surface area contributed by atoms with Crippen LogP contribution in [0.25, 0.3) is 16.7 Å². The molecule has 4 aromatic rings. The van der Waals surface area contributed by atoms with E-state index < -0.39 is 6.04 Å². The molecular weight excluding hydrogens is 453 g/mol. The Labute approximate surface area is 192 Å². The van der Waals surface area contributed by atoms with Gasteiger partial charge in [-0.2, -0.15) is 15.1 Å². The van der Waals surface area contributed by atoms with E-state index in [1.807, 2.05) is 6.92 Å². The van der Waals surface area contributed by atoms with Crippen molar-refractivity contribution in [2.24, 2.45) is 5.92 Å². The molecule has 0 bridgehead atoms. The van der Waals surface area contributed by atoms with Crippen LogP contribution in [-0.4, -0.2) is 29.7 Å². The van der Waals surface area contributed by atoms with Gasteiger partial charge in [0.25, 0.3) is 5.56 Å². The first-order valence-electron chi connectivity index (χ1n) is 9.91. The number of rotatable bonds is 5. The topological polar surface area (TPSA) is 153 Å². The number of hydrogen-bond acceptors (Lipinski definition) is 8. The maximum Gasteiger partial charge on any atom is 0.268 e. The van der Waals surface area contributed by atoms with E-state index in [1.165, 1.54) is 4.57 Å². The maximum atomic E-state index is 13.7. The molecule has 1 saturated carbocycles. The normalized spacial score (nSPS) is 14.6. The molecule has 1 aliphatic carbocycles. The van der Waals surface area contributed by atoms with Crippen LogP contribution in [0.3, 0.4) is 0 Å². The minimum Gasteiger partial charge on any atom is -0.382 e. The summed E-state index contributed by atoms with van der Waals surface area (Å²) >= 11 is 12.7. The number of nitrogen functional groups attached to an aromatic ring is 2. The minimum atomic E-state index is -0.403. The van der Waals surface area contributed by atoms with Crippen LogP contribution in [0, 0.1) is 12.8 Å². The lowest BCUT2D eigenvalue weighted by molar-refractivity contribution is 0.605. The summed E-state index contributed by atoms with van der Waals surface area (Å²) in [4.78, 5) is 26.6. The monoisotopic (exact) mass is 471 g/mol. The van der Waals surface area contributed by atoms with E-state index in [2.05, 4.69) is 25.5 Å². The summed E-state index contributed by atoms with van der Waals surface area (Å²) in [5, 5.41) is 11.1. The maximum absolute atomic E-state index is 13.7. The van der Waals surface area contributed by atoms with E-state index in [1.54, 1.807) is 24.4 Å². The lowest BCUT2D eigenvalue weighted by Gasteiger charge is -2.23. The molecule has 5 rings (SSSR count). The van der Waals surface area contributed by atoms with E-state index >= 15 is 0 Å². The van der Waals surface area contributed by atoms with E-state index in [0.717, 1.165) is 18.4 Å². The Balaban J connectivity index is 1.76. The van der Waals surface area contributed by atoms with Gasteiger partial charge in [-0.15, -0.1) is 0 Å². The van der Waals surface area contributed by atoms with Crippen molar-refractivity contribution in [1.29, 1.82) is 0 Å². The fraction of sp³-hybridized carbons (Fsp3) is 0.250. The Bertz CT molecular complexity index is 1410. The second-order valence-electron chi connectivity index (χ2n) is 7.74. The second kappa shape index (κ2) is 7.64. The highest BCUT2D eigenvalue weighted by molar-refractivity contribution is 6.35. The van der Waals surface area contributed by atoms with E-state index in [0.29, 0.717) is 27.6 Å². The van der Waals surface area contributed by atoms with Gasteiger partial charge in [0, 0.05) is 5.56 Å². The average molecular weight is 472 g/mol. The number of H-pyrrole nitrogens is 1. The first-order chi connectivity index (χ1) is 15.3. The molecule has 164 valence electrons. The quantitative estimate of drug-likeness (QED) is 0.345. The van der Waals surface area contributed by atoms with Gasteiger partial charge in [0.05, 0.1) is 28.2 Å². The first kappa shape index (κ1) is 20.5. The molecular formula is C20H19Cl2N9O. The van der Waals surface area contributed by atoms with Crippen molar-refractivity contribution in [3.63, 3.8) is 0 Å². The highest BCUT2D eigenvalue weighted by Gasteiger charge is 2.37. The molecule has 0 saturated heterocycles. The molecule has 3 heterocycles. The van der Waals surface area contributed by atoms with Crippen LogP contribution in [0.2, 0.25) is 10.0 Å². The number of hydrogen-bond donors (Lipinski definition) is 4. The predicted octanol–water partition coefficient (Wildman–Crippen LogP) is 3.24. The molecule has 6 N–H and O–H groups in total. The molecule has 12 heteroatoms. The van der Waals surface area contributed by atoms with Crippen LogP contribution in [0.5, 0.6) is 0 Å². The van der Waals surface area contributed by atoms with Crippen LogP contribution in [0.1, 0.15) is 30.3 Å². The van der Waals surface area contributed by atoms with Gasteiger partial charge in [-0.1, -0.05) is 29.3 Å². The van der Waals surface area contributed by atoms with Gasteiger partial charge < -0.3 is 16.8 Å². The molecule has 0 amide bonds. The third-order valence-electron chi connectivity index (χ3n) is 5.46. The average Bonchev–Trinajstić information content (AvgIpc) is 3.50. The molecule has 1 unspecified atom stereocenters. The molecule has 3 aromatic heterocycles. The first-order valence-corrected chi connectivity index (χ1v) is 10.7. The Morgan fingerprint density at radius 1 is 1.22 bits per heavy atom. The zero-order valence-electron chi connectivity index (χ0n) is 16.9. The Hall–Kier alpha value is -3.37. The fourth-order valence-corrected chi connectivity index (χ4v) is 4.14. The zero-order chi connectivity index (χ0) is 22.6. The molecule has 0 spiro atoms. The van der Waals surface area contributed by atoms with Gasteiger partial charge in [0.1, 0.15) is 22.5 Å². The lowest BCUT2D eigenvalue weighted by Crippen LogP contribution is -2.30. The number of nitrogens with two attached hydrogens (primary N) is 2. The summed E-state index contributed by atoms with van der Waals surface area (Å²) in [7, 11) is 0. The van der Waals surface area contributed by atoms with Crippen molar-refractivity contribution in [3.05, 3.63) is 56.2 Å². The molecule has 0 radical (unpaired) electrons. The predicted molar refractivity (Wildman–Crippen MR) is 124 cm³/mol. The van der Waals surface area contributed by atoms with Crippen LogP contribution in [0.15, 0.2) is 29.2 Å². The van der Waals surface area contributed by atoms with Crippen LogP contribution < -0.4 is 22.3 Å². The number of aryl methyl sites for hydroxylation is 1. The highest BCUT2D eigenvalue weighted by atomic mass is 35.5. The third kappa shape index (κ3) is 3.41. The number of anilines is 3. The summed E-state index contributed by atoms with van der Waals surface area (Å²) in [6.45, 7) is 1.86. The fourth-order valence-electron chi connectivity index (χ4n) is 3.75. The van der Waals surface area contributed by atoms with Gasteiger partial charge in [-0.3, -0.25) is 9.89 Å². The number of aromatic nitrogens is 6. The van der Waals surface area contributed by atoms with Crippen molar-refractivity contribution < 1.29 is 0 Å². The summed E-state index contributed by atoms with van der Waals surface area (Å²) < 4.78 is 1.51. The van der Waals surface area contributed by atoms with Gasteiger partial charge in [0.15, 0.2) is 5.82 Å². The second-order valence-corrected chi connectivity index (χ2v) is 8.52. The van der Waals surface area contributed by atoms with Gasteiger partial charge in [-0.25, -0.2) is 9.55 Å². The summed E-state index contributed by atoms with van der Waals surface area (Å²) in [5.41, 5.74) is 12.6. The smallest absolute Gasteiger partial charge is 0.268 e. The minimum absolute atomic E-state index is 0.0102. The zero-order valence-corrected chi connectivity index (χ0v) is 18.4. The number of fused-ring (bicyclic) bond motifs is 1. The molecule has 1 aliphatic rings. The van der Waals surface area contributed by atoms with E-state index in [4.69, 9.17) is 39.7 Å². The van der Waals surface area contributed by atoms with Gasteiger partial charge in [0.2, 0.25) is 5.95 Å². The molecule has 1 aromatic carbocycles.